The van der Waals surface area contributed by atoms with E-state index in [0.717, 1.165) is 31.4 Å². The molecule has 0 unspecified atom stereocenters. The maximum atomic E-state index is 12.2. The van der Waals surface area contributed by atoms with Crippen LogP contribution < -0.4 is 5.32 Å². The molecule has 1 aliphatic carbocycles. The summed E-state index contributed by atoms with van der Waals surface area (Å²) in [5.74, 6) is 1.05. The van der Waals surface area contributed by atoms with Crippen molar-refractivity contribution in [2.45, 2.75) is 37.6 Å². The summed E-state index contributed by atoms with van der Waals surface area (Å²) in [5.41, 5.74) is -0.524. The predicted octanol–water partition coefficient (Wildman–Crippen LogP) is 1.01. The van der Waals surface area contributed by atoms with Gasteiger partial charge in [-0.3, -0.25) is 9.59 Å². The maximum absolute atomic E-state index is 12.2. The van der Waals surface area contributed by atoms with Crippen molar-refractivity contribution in [1.82, 2.24) is 10.2 Å². The van der Waals surface area contributed by atoms with Crippen LogP contribution in [-0.4, -0.2) is 47.4 Å². The monoisotopic (exact) mass is 256 g/mol. The summed E-state index contributed by atoms with van der Waals surface area (Å²) in [7, 11) is 0. The van der Waals surface area contributed by atoms with Gasteiger partial charge in [0.05, 0.1) is 6.54 Å². The average molecular weight is 256 g/mol. The minimum absolute atomic E-state index is 0.0675. The molecule has 0 bridgehead atoms. The Kier molecular flexibility index (Phi) is 3.97. The zero-order chi connectivity index (χ0) is 12.3. The second-order valence-corrected chi connectivity index (χ2v) is 5.80. The van der Waals surface area contributed by atoms with E-state index in [2.05, 4.69) is 5.32 Å². The van der Waals surface area contributed by atoms with Crippen molar-refractivity contribution in [3.63, 3.8) is 0 Å². The minimum Gasteiger partial charge on any atom is -0.345 e. The normalized spacial score (nSPS) is 23.9. The Morgan fingerprint density at radius 3 is 2.65 bits per heavy atom. The van der Waals surface area contributed by atoms with Crippen LogP contribution in [0.1, 0.15) is 32.1 Å². The van der Waals surface area contributed by atoms with Crippen LogP contribution in [0.5, 0.6) is 0 Å². The number of hydrogen-bond donors (Lipinski definition) is 1. The fourth-order valence-electron chi connectivity index (χ4n) is 2.93. The molecule has 2 amide bonds. The van der Waals surface area contributed by atoms with Gasteiger partial charge in [-0.25, -0.2) is 0 Å². The lowest BCUT2D eigenvalue weighted by Gasteiger charge is -2.47. The molecule has 4 nitrogen and oxygen atoms in total. The lowest BCUT2D eigenvalue weighted by molar-refractivity contribution is -0.155. The molecule has 0 radical (unpaired) electrons. The van der Waals surface area contributed by atoms with Crippen LogP contribution in [0.15, 0.2) is 0 Å². The minimum atomic E-state index is -0.524. The van der Waals surface area contributed by atoms with Gasteiger partial charge >= 0.3 is 0 Å². The van der Waals surface area contributed by atoms with E-state index >= 15 is 0 Å². The first-order valence-corrected chi connectivity index (χ1v) is 7.68. The van der Waals surface area contributed by atoms with Gasteiger partial charge in [-0.05, 0) is 19.1 Å². The van der Waals surface area contributed by atoms with E-state index in [4.69, 9.17) is 0 Å². The van der Waals surface area contributed by atoms with Crippen molar-refractivity contribution in [3.05, 3.63) is 0 Å². The molecule has 2 aliphatic rings. The molecule has 17 heavy (non-hydrogen) atoms. The van der Waals surface area contributed by atoms with E-state index in [-0.39, 0.29) is 18.4 Å². The van der Waals surface area contributed by atoms with Crippen molar-refractivity contribution in [2.24, 2.45) is 0 Å². The Labute approximate surface area is 106 Å². The topological polar surface area (TPSA) is 49.4 Å². The number of amides is 2. The number of hydrogen-bond acceptors (Lipinski definition) is 3. The average Bonchev–Trinajstić information content (AvgIpc) is 2.36. The molecule has 1 N–H and O–H groups in total. The Morgan fingerprint density at radius 2 is 2.00 bits per heavy atom. The molecule has 96 valence electrons. The fourth-order valence-corrected chi connectivity index (χ4v) is 3.30. The van der Waals surface area contributed by atoms with Gasteiger partial charge in [-0.15, -0.1) is 0 Å². The van der Waals surface area contributed by atoms with Crippen LogP contribution in [0.4, 0.5) is 0 Å². The van der Waals surface area contributed by atoms with Crippen molar-refractivity contribution in [3.8, 4) is 0 Å². The molecule has 5 heteroatoms. The zero-order valence-corrected chi connectivity index (χ0v) is 11.1. The number of piperazine rings is 1. The van der Waals surface area contributed by atoms with Gasteiger partial charge in [-0.2, -0.15) is 11.8 Å². The SMILES string of the molecule is CSCCN1C(=O)CNC(=O)C12CCCCC2. The van der Waals surface area contributed by atoms with Gasteiger partial charge < -0.3 is 10.2 Å². The molecule has 1 heterocycles. The second-order valence-electron chi connectivity index (χ2n) is 4.81. The molecule has 0 aromatic rings. The maximum Gasteiger partial charge on any atom is 0.246 e. The first-order chi connectivity index (χ1) is 8.20. The standard InChI is InChI=1S/C12H20N2O2S/c1-17-8-7-14-10(15)9-13-11(16)12(14)5-3-2-4-6-12/h2-9H2,1H3,(H,13,16). The summed E-state index contributed by atoms with van der Waals surface area (Å²) in [4.78, 5) is 26.0. The third-order valence-electron chi connectivity index (χ3n) is 3.84. The van der Waals surface area contributed by atoms with Crippen LogP contribution in [0, 0.1) is 0 Å². The van der Waals surface area contributed by atoms with Crippen LogP contribution in [-0.2, 0) is 9.59 Å². The number of rotatable bonds is 3. The highest BCUT2D eigenvalue weighted by molar-refractivity contribution is 7.98. The van der Waals surface area contributed by atoms with E-state index in [1.165, 1.54) is 6.42 Å². The van der Waals surface area contributed by atoms with Gasteiger partial charge in [0.2, 0.25) is 11.8 Å². The summed E-state index contributed by atoms with van der Waals surface area (Å²) in [6, 6.07) is 0. The summed E-state index contributed by atoms with van der Waals surface area (Å²) in [6.07, 6.45) is 6.98. The summed E-state index contributed by atoms with van der Waals surface area (Å²) in [5, 5.41) is 2.76. The van der Waals surface area contributed by atoms with Crippen LogP contribution >= 0.6 is 11.8 Å². The number of carbonyl (C=O) groups is 2. The van der Waals surface area contributed by atoms with Crippen molar-refractivity contribution in [1.29, 1.82) is 0 Å². The van der Waals surface area contributed by atoms with Crippen molar-refractivity contribution in [2.75, 3.05) is 25.1 Å². The number of nitrogens with one attached hydrogen (secondary N) is 1. The van der Waals surface area contributed by atoms with Gasteiger partial charge in [0, 0.05) is 12.3 Å². The van der Waals surface area contributed by atoms with E-state index < -0.39 is 5.54 Å². The summed E-state index contributed by atoms with van der Waals surface area (Å²) < 4.78 is 0. The third-order valence-corrected chi connectivity index (χ3v) is 4.43. The van der Waals surface area contributed by atoms with Crippen LogP contribution in [0.25, 0.3) is 0 Å². The van der Waals surface area contributed by atoms with Gasteiger partial charge in [-0.1, -0.05) is 19.3 Å². The highest BCUT2D eigenvalue weighted by Crippen LogP contribution is 2.35. The predicted molar refractivity (Wildman–Crippen MR) is 68.9 cm³/mol. The smallest absolute Gasteiger partial charge is 0.246 e. The van der Waals surface area contributed by atoms with Crippen LogP contribution in [0.2, 0.25) is 0 Å². The first kappa shape index (κ1) is 12.7. The molecule has 1 spiro atoms. The van der Waals surface area contributed by atoms with Crippen LogP contribution in [0.3, 0.4) is 0 Å². The molecular formula is C12H20N2O2S. The molecular weight excluding hydrogens is 236 g/mol. The Bertz CT molecular complexity index is 314. The van der Waals surface area contributed by atoms with E-state index in [1.54, 1.807) is 11.8 Å². The molecule has 1 saturated carbocycles. The lowest BCUT2D eigenvalue weighted by atomic mass is 9.78. The van der Waals surface area contributed by atoms with E-state index in [9.17, 15) is 9.59 Å². The van der Waals surface area contributed by atoms with Gasteiger partial charge in [0.25, 0.3) is 0 Å². The second kappa shape index (κ2) is 5.29. The Morgan fingerprint density at radius 1 is 1.29 bits per heavy atom. The zero-order valence-electron chi connectivity index (χ0n) is 10.3. The largest absolute Gasteiger partial charge is 0.345 e. The Hall–Kier alpha value is -0.710. The van der Waals surface area contributed by atoms with Gasteiger partial charge in [0.15, 0.2) is 0 Å². The summed E-state index contributed by atoms with van der Waals surface area (Å²) in [6.45, 7) is 0.877. The highest BCUT2D eigenvalue weighted by Gasteiger charge is 2.49. The molecule has 1 aliphatic heterocycles. The quantitative estimate of drug-likeness (QED) is 0.820. The number of nitrogens with zero attached hydrogens (tertiary/aromatic N) is 1. The molecule has 2 fully saturated rings. The highest BCUT2D eigenvalue weighted by atomic mass is 32.2. The van der Waals surface area contributed by atoms with Crippen molar-refractivity contribution >= 4 is 23.6 Å². The van der Waals surface area contributed by atoms with E-state index in [0.29, 0.717) is 6.54 Å². The molecule has 1 saturated heterocycles. The Balaban J connectivity index is 2.20. The van der Waals surface area contributed by atoms with Crippen molar-refractivity contribution < 1.29 is 9.59 Å². The molecule has 0 aromatic heterocycles. The molecule has 0 aromatic carbocycles. The molecule has 2 rings (SSSR count). The first-order valence-electron chi connectivity index (χ1n) is 6.28. The number of carbonyl (C=O) groups excluding carboxylic acids is 2. The van der Waals surface area contributed by atoms with Gasteiger partial charge in [0.1, 0.15) is 5.54 Å². The number of thioether (sulfide) groups is 1. The van der Waals surface area contributed by atoms with E-state index in [1.807, 2.05) is 11.2 Å². The molecule has 0 atom stereocenters. The third kappa shape index (κ3) is 2.30. The fraction of sp³-hybridized carbons (Fsp3) is 0.833. The summed E-state index contributed by atoms with van der Waals surface area (Å²) >= 11 is 1.72. The lowest BCUT2D eigenvalue weighted by Crippen LogP contribution is -2.68.